The SMILES string of the molecule is CC(C)(C)c1cn(C(C)(C)CCC(C)(C)N2CC(C(C)(C)C)C2)cn1. The number of aromatic nitrogens is 2. The highest BCUT2D eigenvalue weighted by atomic mass is 15.2. The predicted molar refractivity (Wildman–Crippen MR) is 108 cm³/mol. The minimum absolute atomic E-state index is 0.0993. The average molecular weight is 348 g/mol. The normalized spacial score (nSPS) is 18.5. The second-order valence-electron chi connectivity index (χ2n) is 11.5. The van der Waals surface area contributed by atoms with Crippen molar-refractivity contribution in [2.75, 3.05) is 13.1 Å². The lowest BCUT2D eigenvalue weighted by molar-refractivity contribution is -0.0484. The number of hydrogen-bond acceptors (Lipinski definition) is 2. The highest BCUT2D eigenvalue weighted by molar-refractivity contribution is 5.10. The van der Waals surface area contributed by atoms with Gasteiger partial charge in [0, 0.05) is 35.8 Å². The maximum atomic E-state index is 4.65. The highest BCUT2D eigenvalue weighted by Crippen LogP contribution is 2.39. The van der Waals surface area contributed by atoms with E-state index in [1.807, 2.05) is 6.33 Å². The van der Waals surface area contributed by atoms with Crippen molar-refractivity contribution >= 4 is 0 Å². The molecule has 25 heavy (non-hydrogen) atoms. The van der Waals surface area contributed by atoms with Crippen molar-refractivity contribution in [3.8, 4) is 0 Å². The van der Waals surface area contributed by atoms with Gasteiger partial charge in [-0.2, -0.15) is 0 Å². The summed E-state index contributed by atoms with van der Waals surface area (Å²) >= 11 is 0. The average Bonchev–Trinajstić information content (AvgIpc) is 2.82. The summed E-state index contributed by atoms with van der Waals surface area (Å²) in [5.74, 6) is 0.836. The van der Waals surface area contributed by atoms with E-state index < -0.39 is 0 Å². The standard InChI is InChI=1S/C22H41N3/c1-19(2,3)17-13-24(14-17)21(7,8)11-12-22(9,10)25-15-18(23-16-25)20(4,5)6/h15-17H,11-14H2,1-10H3. The van der Waals surface area contributed by atoms with E-state index in [0.717, 1.165) is 12.3 Å². The molecule has 1 aromatic rings. The zero-order chi connectivity index (χ0) is 19.3. The Hall–Kier alpha value is -0.830. The van der Waals surface area contributed by atoms with Gasteiger partial charge in [-0.15, -0.1) is 0 Å². The highest BCUT2D eigenvalue weighted by Gasteiger charge is 2.42. The maximum Gasteiger partial charge on any atom is 0.0954 e. The first-order valence-electron chi connectivity index (χ1n) is 9.93. The van der Waals surface area contributed by atoms with Crippen LogP contribution < -0.4 is 0 Å². The summed E-state index contributed by atoms with van der Waals surface area (Å²) in [5.41, 5.74) is 2.09. The van der Waals surface area contributed by atoms with Crippen LogP contribution in [0.1, 0.15) is 87.8 Å². The Morgan fingerprint density at radius 1 is 0.880 bits per heavy atom. The number of nitrogens with zero attached hydrogens (tertiary/aromatic N) is 3. The molecule has 2 heterocycles. The Balaban J connectivity index is 1.96. The molecule has 3 nitrogen and oxygen atoms in total. The zero-order valence-electron chi connectivity index (χ0n) is 18.4. The van der Waals surface area contributed by atoms with Crippen LogP contribution in [0.2, 0.25) is 0 Å². The van der Waals surface area contributed by atoms with Gasteiger partial charge in [0.1, 0.15) is 0 Å². The summed E-state index contributed by atoms with van der Waals surface area (Å²) in [5, 5.41) is 0. The van der Waals surface area contributed by atoms with Crippen LogP contribution in [0.15, 0.2) is 12.5 Å². The molecular formula is C22H41N3. The number of hydrogen-bond donors (Lipinski definition) is 0. The van der Waals surface area contributed by atoms with Gasteiger partial charge in [0.2, 0.25) is 0 Å². The first kappa shape index (κ1) is 20.5. The van der Waals surface area contributed by atoms with Gasteiger partial charge in [-0.3, -0.25) is 4.90 Å². The van der Waals surface area contributed by atoms with Crippen LogP contribution in [0, 0.1) is 11.3 Å². The molecule has 0 aromatic carbocycles. The lowest BCUT2D eigenvalue weighted by Crippen LogP contribution is -2.60. The number of imidazole rings is 1. The number of likely N-dealkylation sites (tertiary alicyclic amines) is 1. The molecule has 3 heteroatoms. The summed E-state index contributed by atoms with van der Waals surface area (Å²) < 4.78 is 2.32. The van der Waals surface area contributed by atoms with Gasteiger partial charge in [-0.05, 0) is 51.9 Å². The molecule has 0 atom stereocenters. The molecule has 1 fully saturated rings. The second-order valence-corrected chi connectivity index (χ2v) is 11.5. The molecule has 1 aliphatic rings. The van der Waals surface area contributed by atoms with Crippen molar-refractivity contribution in [2.45, 2.75) is 98.6 Å². The van der Waals surface area contributed by atoms with E-state index in [4.69, 9.17) is 0 Å². The van der Waals surface area contributed by atoms with E-state index in [0.29, 0.717) is 5.41 Å². The summed E-state index contributed by atoms with van der Waals surface area (Å²) in [6.45, 7) is 25.8. The predicted octanol–water partition coefficient (Wildman–Crippen LogP) is 5.45. The Morgan fingerprint density at radius 2 is 1.40 bits per heavy atom. The van der Waals surface area contributed by atoms with Gasteiger partial charge in [-0.1, -0.05) is 41.5 Å². The van der Waals surface area contributed by atoms with Crippen molar-refractivity contribution in [3.05, 3.63) is 18.2 Å². The molecule has 0 aliphatic carbocycles. The van der Waals surface area contributed by atoms with E-state index in [2.05, 4.69) is 89.9 Å². The lowest BCUT2D eigenvalue weighted by Gasteiger charge is -2.54. The molecule has 0 saturated carbocycles. The summed E-state index contributed by atoms with van der Waals surface area (Å²) in [6.07, 6.45) is 6.63. The van der Waals surface area contributed by atoms with E-state index in [-0.39, 0.29) is 16.5 Å². The largest absolute Gasteiger partial charge is 0.332 e. The minimum Gasteiger partial charge on any atom is -0.332 e. The van der Waals surface area contributed by atoms with Crippen LogP contribution in [-0.2, 0) is 11.0 Å². The van der Waals surface area contributed by atoms with E-state index in [9.17, 15) is 0 Å². The fraction of sp³-hybridized carbons (Fsp3) is 0.864. The van der Waals surface area contributed by atoms with Crippen molar-refractivity contribution in [1.29, 1.82) is 0 Å². The summed E-state index contributed by atoms with van der Waals surface area (Å²) in [6, 6.07) is 0. The maximum absolute atomic E-state index is 4.65. The molecule has 1 aliphatic heterocycles. The summed E-state index contributed by atoms with van der Waals surface area (Å²) in [4.78, 5) is 7.32. The van der Waals surface area contributed by atoms with Gasteiger partial charge >= 0.3 is 0 Å². The van der Waals surface area contributed by atoms with Crippen LogP contribution in [0.5, 0.6) is 0 Å². The van der Waals surface area contributed by atoms with Crippen LogP contribution in [0.25, 0.3) is 0 Å². The smallest absolute Gasteiger partial charge is 0.0954 e. The zero-order valence-corrected chi connectivity index (χ0v) is 18.4. The van der Waals surface area contributed by atoms with E-state index >= 15 is 0 Å². The third-order valence-corrected chi connectivity index (χ3v) is 6.36. The lowest BCUT2D eigenvalue weighted by atomic mass is 9.73. The van der Waals surface area contributed by atoms with Crippen LogP contribution in [-0.4, -0.2) is 33.1 Å². The molecule has 0 unspecified atom stereocenters. The van der Waals surface area contributed by atoms with Gasteiger partial charge in [-0.25, -0.2) is 4.98 Å². The molecule has 0 bridgehead atoms. The third kappa shape index (κ3) is 4.67. The van der Waals surface area contributed by atoms with Crippen molar-refractivity contribution < 1.29 is 0 Å². The van der Waals surface area contributed by atoms with E-state index in [1.165, 1.54) is 25.2 Å². The first-order chi connectivity index (χ1) is 11.1. The second kappa shape index (κ2) is 6.40. The fourth-order valence-corrected chi connectivity index (χ4v) is 3.46. The van der Waals surface area contributed by atoms with Crippen LogP contribution in [0.3, 0.4) is 0 Å². The number of rotatable bonds is 5. The third-order valence-electron chi connectivity index (χ3n) is 6.36. The Labute approximate surface area is 156 Å². The van der Waals surface area contributed by atoms with Crippen molar-refractivity contribution in [1.82, 2.24) is 14.5 Å². The van der Waals surface area contributed by atoms with Gasteiger partial charge in [0.25, 0.3) is 0 Å². The molecular weight excluding hydrogens is 306 g/mol. The summed E-state index contributed by atoms with van der Waals surface area (Å²) in [7, 11) is 0. The van der Waals surface area contributed by atoms with Gasteiger partial charge < -0.3 is 4.57 Å². The van der Waals surface area contributed by atoms with Gasteiger partial charge in [0.15, 0.2) is 0 Å². The van der Waals surface area contributed by atoms with E-state index in [1.54, 1.807) is 0 Å². The van der Waals surface area contributed by atoms with Crippen LogP contribution in [0.4, 0.5) is 0 Å². The monoisotopic (exact) mass is 347 g/mol. The minimum atomic E-state index is 0.0993. The molecule has 1 saturated heterocycles. The molecule has 0 spiro atoms. The first-order valence-corrected chi connectivity index (χ1v) is 9.93. The Morgan fingerprint density at radius 3 is 1.84 bits per heavy atom. The molecule has 0 N–H and O–H groups in total. The molecule has 2 rings (SSSR count). The molecule has 1 aromatic heterocycles. The Bertz CT molecular complexity index is 575. The van der Waals surface area contributed by atoms with Crippen molar-refractivity contribution in [2.24, 2.45) is 11.3 Å². The molecule has 0 radical (unpaired) electrons. The van der Waals surface area contributed by atoms with Gasteiger partial charge in [0.05, 0.1) is 12.0 Å². The fourth-order valence-electron chi connectivity index (χ4n) is 3.46. The quantitative estimate of drug-likeness (QED) is 0.706. The Kier molecular flexibility index (Phi) is 5.25. The van der Waals surface area contributed by atoms with Crippen LogP contribution >= 0.6 is 0 Å². The topological polar surface area (TPSA) is 21.1 Å². The molecule has 144 valence electrons. The molecule has 0 amide bonds. The van der Waals surface area contributed by atoms with Crippen molar-refractivity contribution in [3.63, 3.8) is 0 Å².